The van der Waals surface area contributed by atoms with E-state index in [4.69, 9.17) is 0 Å². The van der Waals surface area contributed by atoms with Crippen LogP contribution in [-0.2, 0) is 4.79 Å². The van der Waals surface area contributed by atoms with Gasteiger partial charge in [0.2, 0.25) is 0 Å². The molecule has 176 valence electrons. The van der Waals surface area contributed by atoms with E-state index in [0.717, 1.165) is 50.5 Å². The third-order valence-corrected chi connectivity index (χ3v) is 10.2. The number of carbonyl (C=O) groups excluding carboxylic acids is 1. The van der Waals surface area contributed by atoms with Gasteiger partial charge in [-0.3, -0.25) is 4.79 Å². The Morgan fingerprint density at radius 1 is 1.10 bits per heavy atom. The van der Waals surface area contributed by atoms with E-state index in [1.807, 2.05) is 13.0 Å². The highest BCUT2D eigenvalue weighted by Gasteiger charge is 2.61. The molecule has 1 N–H and O–H groups in total. The van der Waals surface area contributed by atoms with E-state index < -0.39 is 17.7 Å². The van der Waals surface area contributed by atoms with Crippen LogP contribution in [0, 0.1) is 40.4 Å². The molecule has 0 aromatic carbocycles. The van der Waals surface area contributed by atoms with Crippen LogP contribution in [0.25, 0.3) is 0 Å². The van der Waals surface area contributed by atoms with Crippen molar-refractivity contribution in [1.29, 1.82) is 0 Å². The van der Waals surface area contributed by atoms with E-state index in [-0.39, 0.29) is 29.0 Å². The first-order chi connectivity index (χ1) is 14.3. The molecule has 0 aliphatic heterocycles. The summed E-state index contributed by atoms with van der Waals surface area (Å²) in [5.41, 5.74) is 0.505. The van der Waals surface area contributed by atoms with Crippen molar-refractivity contribution in [3.63, 3.8) is 0 Å². The van der Waals surface area contributed by atoms with Gasteiger partial charge >= 0.3 is 6.18 Å². The fourth-order valence-corrected chi connectivity index (χ4v) is 7.97. The average Bonchev–Trinajstić information content (AvgIpc) is 2.99. The molecule has 0 heterocycles. The first-order valence-electron chi connectivity index (χ1n) is 12.3. The largest absolute Gasteiger partial charge is 0.391 e. The molecule has 5 heteroatoms. The zero-order valence-electron chi connectivity index (χ0n) is 19.5. The normalized spacial score (nSPS) is 46.1. The molecule has 2 nitrogen and oxygen atoms in total. The van der Waals surface area contributed by atoms with Gasteiger partial charge in [-0.05, 0) is 99.4 Å². The van der Waals surface area contributed by atoms with Gasteiger partial charge in [-0.25, -0.2) is 0 Å². The Labute approximate surface area is 185 Å². The second-order valence-corrected chi connectivity index (χ2v) is 12.1. The van der Waals surface area contributed by atoms with Gasteiger partial charge in [0.1, 0.15) is 0 Å². The fraction of sp³-hybridized carbons (Fsp3) is 0.885. The van der Waals surface area contributed by atoms with E-state index in [9.17, 15) is 23.1 Å². The molecule has 0 saturated heterocycles. The summed E-state index contributed by atoms with van der Waals surface area (Å²) < 4.78 is 38.7. The minimum absolute atomic E-state index is 0.00236. The molecule has 7 unspecified atom stereocenters. The first kappa shape index (κ1) is 23.3. The van der Waals surface area contributed by atoms with E-state index in [2.05, 4.69) is 13.8 Å². The zero-order valence-corrected chi connectivity index (χ0v) is 19.5. The summed E-state index contributed by atoms with van der Waals surface area (Å²) in [5.74, 6) is 0.184. The topological polar surface area (TPSA) is 37.3 Å². The van der Waals surface area contributed by atoms with Gasteiger partial charge in [0, 0.05) is 5.92 Å². The van der Waals surface area contributed by atoms with E-state index >= 15 is 0 Å². The second kappa shape index (κ2) is 7.60. The van der Waals surface area contributed by atoms with Crippen LogP contribution in [0.1, 0.15) is 91.9 Å². The molecule has 0 aromatic rings. The van der Waals surface area contributed by atoms with Crippen molar-refractivity contribution in [3.05, 3.63) is 11.6 Å². The molecule has 4 rings (SSSR count). The average molecular weight is 441 g/mol. The lowest BCUT2D eigenvalue weighted by atomic mass is 9.46. The summed E-state index contributed by atoms with van der Waals surface area (Å²) in [7, 11) is 0. The Morgan fingerprint density at radius 3 is 2.48 bits per heavy atom. The molecule has 8 atom stereocenters. The maximum absolute atomic E-state index is 13.4. The van der Waals surface area contributed by atoms with Crippen molar-refractivity contribution >= 4 is 5.78 Å². The van der Waals surface area contributed by atoms with Crippen LogP contribution in [0.3, 0.4) is 0 Å². The summed E-state index contributed by atoms with van der Waals surface area (Å²) in [6.45, 7) is 7.80. The van der Waals surface area contributed by atoms with Crippen molar-refractivity contribution in [3.8, 4) is 0 Å². The maximum Gasteiger partial charge on any atom is 0.391 e. The van der Waals surface area contributed by atoms with Crippen molar-refractivity contribution < 1.29 is 23.1 Å². The smallest absolute Gasteiger partial charge is 0.390 e. The Hall–Kier alpha value is -0.840. The molecule has 0 spiro atoms. The molecular weight excluding hydrogens is 401 g/mol. The minimum Gasteiger partial charge on any atom is -0.390 e. The number of aliphatic hydroxyl groups is 1. The van der Waals surface area contributed by atoms with E-state index in [1.165, 1.54) is 6.92 Å². The quantitative estimate of drug-likeness (QED) is 0.518. The fourth-order valence-electron chi connectivity index (χ4n) is 7.97. The highest BCUT2D eigenvalue weighted by atomic mass is 19.4. The van der Waals surface area contributed by atoms with Gasteiger partial charge in [0.05, 0.1) is 11.5 Å². The van der Waals surface area contributed by atoms with Crippen LogP contribution in [-0.4, -0.2) is 22.7 Å². The maximum atomic E-state index is 13.4. The molecule has 3 fully saturated rings. The molecule has 0 radical (unpaired) electrons. The standard InChI is InChI=1S/C26H39F3O2/c1-16(26(27,28)29)6-5-7-17-8-9-19-22-20(10-11-24(17,19)3)25(4)13-12-23(2,31)15-18(25)14-21(22)30/h14,16-17,19-20,22,31H,5-13,15H2,1-4H3/t16?,17?,19?,20?,22?,23-,24?,25?/m0/s1. The Bertz CT molecular complexity index is 754. The molecular formula is C26H39F3O2. The van der Waals surface area contributed by atoms with Gasteiger partial charge in [-0.1, -0.05) is 32.8 Å². The first-order valence-corrected chi connectivity index (χ1v) is 12.3. The van der Waals surface area contributed by atoms with Crippen LogP contribution in [0.15, 0.2) is 11.6 Å². The van der Waals surface area contributed by atoms with Gasteiger partial charge in [-0.15, -0.1) is 0 Å². The summed E-state index contributed by atoms with van der Waals surface area (Å²) in [6, 6.07) is 0. The van der Waals surface area contributed by atoms with Crippen LogP contribution >= 0.6 is 0 Å². The summed E-state index contributed by atoms with van der Waals surface area (Å²) in [5, 5.41) is 10.6. The van der Waals surface area contributed by atoms with Gasteiger partial charge in [-0.2, -0.15) is 13.2 Å². The minimum atomic E-state index is -4.10. The van der Waals surface area contributed by atoms with Crippen LogP contribution in [0.2, 0.25) is 0 Å². The van der Waals surface area contributed by atoms with E-state index in [1.54, 1.807) is 0 Å². The lowest BCUT2D eigenvalue weighted by molar-refractivity contribution is -0.171. The predicted octanol–water partition coefficient (Wildman–Crippen LogP) is 6.86. The summed E-state index contributed by atoms with van der Waals surface area (Å²) in [6.07, 6.45) is 5.92. The molecule has 4 aliphatic carbocycles. The van der Waals surface area contributed by atoms with Crippen molar-refractivity contribution in [2.75, 3.05) is 0 Å². The second-order valence-electron chi connectivity index (χ2n) is 12.1. The zero-order chi connectivity index (χ0) is 22.8. The lowest BCUT2D eigenvalue weighted by Crippen LogP contribution is -2.54. The van der Waals surface area contributed by atoms with Crippen molar-refractivity contribution in [2.24, 2.45) is 40.4 Å². The van der Waals surface area contributed by atoms with Crippen LogP contribution in [0.5, 0.6) is 0 Å². The van der Waals surface area contributed by atoms with Crippen molar-refractivity contribution in [1.82, 2.24) is 0 Å². The lowest BCUT2D eigenvalue weighted by Gasteiger charge is -2.58. The molecule has 0 bridgehead atoms. The molecule has 4 aliphatic rings. The third kappa shape index (κ3) is 3.91. The van der Waals surface area contributed by atoms with E-state index in [0.29, 0.717) is 30.6 Å². The third-order valence-electron chi connectivity index (χ3n) is 10.2. The SMILES string of the molecule is CC(CCCC1CCC2C3C(=O)C=C4C[C@@](C)(O)CCC4(C)C3CCC12C)C(F)(F)F. The number of halogens is 3. The summed E-state index contributed by atoms with van der Waals surface area (Å²) >= 11 is 0. The Balaban J connectivity index is 1.50. The number of hydrogen-bond donors (Lipinski definition) is 1. The predicted molar refractivity (Wildman–Crippen MR) is 115 cm³/mol. The highest BCUT2D eigenvalue weighted by Crippen LogP contribution is 2.66. The highest BCUT2D eigenvalue weighted by molar-refractivity contribution is 5.94. The number of hydrogen-bond acceptors (Lipinski definition) is 2. The molecule has 0 amide bonds. The Morgan fingerprint density at radius 2 is 1.81 bits per heavy atom. The number of alkyl halides is 3. The molecule has 0 aromatic heterocycles. The molecule has 31 heavy (non-hydrogen) atoms. The van der Waals surface area contributed by atoms with Gasteiger partial charge in [0.15, 0.2) is 5.78 Å². The van der Waals surface area contributed by atoms with Gasteiger partial charge in [0.25, 0.3) is 0 Å². The number of allylic oxidation sites excluding steroid dienone is 1. The number of rotatable bonds is 4. The van der Waals surface area contributed by atoms with Crippen LogP contribution < -0.4 is 0 Å². The molecule has 3 saturated carbocycles. The summed E-state index contributed by atoms with van der Waals surface area (Å²) in [4.78, 5) is 13.4. The number of ketones is 1. The number of fused-ring (bicyclic) bond motifs is 5. The van der Waals surface area contributed by atoms with Gasteiger partial charge < -0.3 is 5.11 Å². The van der Waals surface area contributed by atoms with Crippen molar-refractivity contribution in [2.45, 2.75) is 104 Å². The Kier molecular flexibility index (Phi) is 5.72. The number of carbonyl (C=O) groups is 1. The monoisotopic (exact) mass is 440 g/mol. The van der Waals surface area contributed by atoms with Crippen LogP contribution in [0.4, 0.5) is 13.2 Å².